The number of nitrogens with one attached hydrogen (secondary N) is 1. The molecule has 1 aromatic carbocycles. The number of hydrogen-bond donors (Lipinski definition) is 1. The van der Waals surface area contributed by atoms with E-state index in [0.717, 1.165) is 10.9 Å². The van der Waals surface area contributed by atoms with Gasteiger partial charge in [-0.2, -0.15) is 5.26 Å². The van der Waals surface area contributed by atoms with Crippen molar-refractivity contribution in [2.24, 2.45) is 0 Å². The summed E-state index contributed by atoms with van der Waals surface area (Å²) in [5.74, 6) is 0.125. The summed E-state index contributed by atoms with van der Waals surface area (Å²) in [7, 11) is 0. The van der Waals surface area contributed by atoms with E-state index < -0.39 is 5.91 Å². The van der Waals surface area contributed by atoms with Gasteiger partial charge in [0.05, 0.1) is 26.0 Å². The van der Waals surface area contributed by atoms with E-state index in [9.17, 15) is 14.9 Å². The van der Waals surface area contributed by atoms with Crippen molar-refractivity contribution in [2.45, 2.75) is 13.1 Å². The van der Waals surface area contributed by atoms with Crippen molar-refractivity contribution in [1.29, 1.82) is 5.26 Å². The number of nitriles is 1. The molecule has 3 heterocycles. The third-order valence-electron chi connectivity index (χ3n) is 5.16. The SMILES string of the molecule is N#CC(=Cc1cn(CC(=O)N2CCOCC2)c2ccccc12)C(=O)NCc1ccco1. The number of aromatic nitrogens is 1. The largest absolute Gasteiger partial charge is 0.467 e. The average Bonchev–Trinajstić information content (AvgIpc) is 3.45. The minimum absolute atomic E-state index is 0.0104. The number of rotatable bonds is 6. The zero-order valence-electron chi connectivity index (χ0n) is 16.9. The molecule has 1 aliphatic rings. The van der Waals surface area contributed by atoms with Crippen LogP contribution in [0.1, 0.15) is 11.3 Å². The number of carbonyl (C=O) groups excluding carboxylic acids is 2. The molecule has 1 aliphatic heterocycles. The van der Waals surface area contributed by atoms with Gasteiger partial charge in [-0.15, -0.1) is 0 Å². The minimum Gasteiger partial charge on any atom is -0.467 e. The molecule has 1 N–H and O–H groups in total. The van der Waals surface area contributed by atoms with Gasteiger partial charge in [-0.25, -0.2) is 0 Å². The van der Waals surface area contributed by atoms with Gasteiger partial charge in [0, 0.05) is 35.8 Å². The molecule has 0 radical (unpaired) electrons. The van der Waals surface area contributed by atoms with E-state index in [1.807, 2.05) is 34.9 Å². The second kappa shape index (κ2) is 9.32. The number of fused-ring (bicyclic) bond motifs is 1. The van der Waals surface area contributed by atoms with Crippen LogP contribution in [0.2, 0.25) is 0 Å². The van der Waals surface area contributed by atoms with Gasteiger partial charge < -0.3 is 23.9 Å². The number of amides is 2. The number of para-hydroxylation sites is 1. The second-order valence-corrected chi connectivity index (χ2v) is 7.15. The molecule has 0 spiro atoms. The molecule has 4 rings (SSSR count). The Kier molecular flexibility index (Phi) is 6.15. The highest BCUT2D eigenvalue weighted by Crippen LogP contribution is 2.24. The fraction of sp³-hybridized carbons (Fsp3) is 0.261. The number of nitrogens with zero attached hydrogens (tertiary/aromatic N) is 3. The molecular formula is C23H22N4O4. The highest BCUT2D eigenvalue weighted by Gasteiger charge is 2.19. The monoisotopic (exact) mass is 418 g/mol. The number of hydrogen-bond acceptors (Lipinski definition) is 5. The van der Waals surface area contributed by atoms with Crippen LogP contribution in [-0.4, -0.2) is 47.6 Å². The van der Waals surface area contributed by atoms with Crippen molar-refractivity contribution in [2.75, 3.05) is 26.3 Å². The lowest BCUT2D eigenvalue weighted by atomic mass is 10.1. The van der Waals surface area contributed by atoms with Gasteiger partial charge in [0.15, 0.2) is 0 Å². The maximum atomic E-state index is 12.7. The van der Waals surface area contributed by atoms with Crippen molar-refractivity contribution in [3.8, 4) is 6.07 Å². The summed E-state index contributed by atoms with van der Waals surface area (Å²) >= 11 is 0. The number of ether oxygens (including phenoxy) is 1. The molecule has 2 amide bonds. The van der Waals surface area contributed by atoms with Gasteiger partial charge in [0.2, 0.25) is 5.91 Å². The van der Waals surface area contributed by atoms with E-state index in [2.05, 4.69) is 5.32 Å². The predicted octanol–water partition coefficient (Wildman–Crippen LogP) is 2.32. The maximum Gasteiger partial charge on any atom is 0.262 e. The van der Waals surface area contributed by atoms with Crippen molar-refractivity contribution >= 4 is 28.8 Å². The van der Waals surface area contributed by atoms with Crippen LogP contribution in [0, 0.1) is 11.3 Å². The molecule has 158 valence electrons. The number of carbonyl (C=O) groups is 2. The van der Waals surface area contributed by atoms with E-state index in [1.165, 1.54) is 6.26 Å². The molecule has 0 bridgehead atoms. The van der Waals surface area contributed by atoms with Crippen LogP contribution in [0.15, 0.2) is 58.8 Å². The molecule has 8 nitrogen and oxygen atoms in total. The normalized spacial score (nSPS) is 14.4. The first kappa shape index (κ1) is 20.4. The van der Waals surface area contributed by atoms with Crippen LogP contribution < -0.4 is 5.32 Å². The predicted molar refractivity (Wildman–Crippen MR) is 113 cm³/mol. The lowest BCUT2D eigenvalue weighted by Gasteiger charge is -2.27. The Labute approximate surface area is 179 Å². The third-order valence-corrected chi connectivity index (χ3v) is 5.16. The Bertz CT molecular complexity index is 1150. The molecule has 0 saturated carbocycles. The van der Waals surface area contributed by atoms with Gasteiger partial charge in [0.25, 0.3) is 5.91 Å². The topological polar surface area (TPSA) is 101 Å². The van der Waals surface area contributed by atoms with Crippen LogP contribution in [0.4, 0.5) is 0 Å². The number of benzene rings is 1. The van der Waals surface area contributed by atoms with E-state index in [1.54, 1.807) is 29.3 Å². The third kappa shape index (κ3) is 4.68. The van der Waals surface area contributed by atoms with Crippen LogP contribution >= 0.6 is 0 Å². The van der Waals surface area contributed by atoms with Crippen molar-refractivity contribution in [3.63, 3.8) is 0 Å². The van der Waals surface area contributed by atoms with E-state index >= 15 is 0 Å². The summed E-state index contributed by atoms with van der Waals surface area (Å²) in [5, 5.41) is 13.1. The molecule has 0 aliphatic carbocycles. The quantitative estimate of drug-likeness (QED) is 0.489. The second-order valence-electron chi connectivity index (χ2n) is 7.15. The Morgan fingerprint density at radius 2 is 1.97 bits per heavy atom. The van der Waals surface area contributed by atoms with Crippen molar-refractivity contribution in [1.82, 2.24) is 14.8 Å². The number of furan rings is 1. The van der Waals surface area contributed by atoms with Crippen LogP contribution in [0.5, 0.6) is 0 Å². The highest BCUT2D eigenvalue weighted by atomic mass is 16.5. The minimum atomic E-state index is -0.486. The molecule has 3 aromatic rings. The first-order valence-electron chi connectivity index (χ1n) is 10.0. The summed E-state index contributed by atoms with van der Waals surface area (Å²) in [5.41, 5.74) is 1.55. The van der Waals surface area contributed by atoms with Gasteiger partial charge >= 0.3 is 0 Å². The fourth-order valence-electron chi connectivity index (χ4n) is 3.56. The summed E-state index contributed by atoms with van der Waals surface area (Å²) in [6.45, 7) is 2.63. The highest BCUT2D eigenvalue weighted by molar-refractivity contribution is 6.04. The molecule has 8 heteroatoms. The molecule has 31 heavy (non-hydrogen) atoms. The van der Waals surface area contributed by atoms with Crippen molar-refractivity contribution < 1.29 is 18.7 Å². The Balaban J connectivity index is 1.57. The standard InChI is InChI=1S/C23H22N4O4/c24-13-17(23(29)25-14-19-4-3-9-31-19)12-18-15-27(21-6-2-1-5-20(18)21)16-22(28)26-7-10-30-11-8-26/h1-6,9,12,15H,7-8,10-11,14,16H2,(H,25,29). The summed E-state index contributed by atoms with van der Waals surface area (Å²) in [4.78, 5) is 27.0. The van der Waals surface area contributed by atoms with E-state index in [-0.39, 0.29) is 24.6 Å². The summed E-state index contributed by atoms with van der Waals surface area (Å²) in [6, 6.07) is 13.1. The van der Waals surface area contributed by atoms with E-state index in [0.29, 0.717) is 37.6 Å². The first-order chi connectivity index (χ1) is 15.2. The zero-order valence-corrected chi connectivity index (χ0v) is 16.9. The average molecular weight is 418 g/mol. The summed E-state index contributed by atoms with van der Waals surface area (Å²) in [6.07, 6.45) is 4.88. The Morgan fingerprint density at radius 3 is 2.71 bits per heavy atom. The van der Waals surface area contributed by atoms with Crippen LogP contribution in [0.3, 0.4) is 0 Å². The molecule has 0 atom stereocenters. The molecule has 0 unspecified atom stereocenters. The smallest absolute Gasteiger partial charge is 0.262 e. The molecular weight excluding hydrogens is 396 g/mol. The van der Waals surface area contributed by atoms with Gasteiger partial charge in [-0.05, 0) is 24.3 Å². The number of morpholine rings is 1. The molecule has 1 fully saturated rings. The lowest BCUT2D eigenvalue weighted by Crippen LogP contribution is -2.42. The maximum absolute atomic E-state index is 12.7. The first-order valence-corrected chi connectivity index (χ1v) is 10.0. The van der Waals surface area contributed by atoms with Gasteiger partial charge in [-0.1, -0.05) is 18.2 Å². The van der Waals surface area contributed by atoms with Crippen molar-refractivity contribution in [3.05, 3.63) is 65.8 Å². The Morgan fingerprint density at radius 1 is 1.16 bits per heavy atom. The molecule has 2 aromatic heterocycles. The van der Waals surface area contributed by atoms with Crippen LogP contribution in [0.25, 0.3) is 17.0 Å². The van der Waals surface area contributed by atoms with E-state index in [4.69, 9.17) is 9.15 Å². The fourth-order valence-corrected chi connectivity index (χ4v) is 3.56. The van der Waals surface area contributed by atoms with Gasteiger partial charge in [0.1, 0.15) is 23.9 Å². The molecule has 1 saturated heterocycles. The Hall–Kier alpha value is -3.83. The zero-order chi connectivity index (χ0) is 21.6. The van der Waals surface area contributed by atoms with Crippen LogP contribution in [-0.2, 0) is 27.4 Å². The van der Waals surface area contributed by atoms with Gasteiger partial charge in [-0.3, -0.25) is 9.59 Å². The lowest BCUT2D eigenvalue weighted by molar-refractivity contribution is -0.135. The summed E-state index contributed by atoms with van der Waals surface area (Å²) < 4.78 is 12.4.